The SMILES string of the molecule is Cl.NC1CCCC1C(=O)N1CCC(C(O)c2ccccc2)CC1. The molecule has 0 aromatic heterocycles. The number of piperidine rings is 1. The van der Waals surface area contributed by atoms with E-state index in [-0.39, 0.29) is 36.2 Å². The highest BCUT2D eigenvalue weighted by Crippen LogP contribution is 2.32. The Morgan fingerprint density at radius 1 is 1.13 bits per heavy atom. The van der Waals surface area contributed by atoms with E-state index in [1.165, 1.54) is 0 Å². The maximum absolute atomic E-state index is 12.5. The van der Waals surface area contributed by atoms with Gasteiger partial charge in [0.1, 0.15) is 0 Å². The van der Waals surface area contributed by atoms with Crippen LogP contribution in [0.25, 0.3) is 0 Å². The van der Waals surface area contributed by atoms with Gasteiger partial charge >= 0.3 is 0 Å². The largest absolute Gasteiger partial charge is 0.388 e. The molecule has 3 rings (SSSR count). The van der Waals surface area contributed by atoms with Gasteiger partial charge < -0.3 is 15.7 Å². The van der Waals surface area contributed by atoms with Gasteiger partial charge in [0, 0.05) is 19.1 Å². The fourth-order valence-electron chi connectivity index (χ4n) is 3.89. The zero-order valence-corrected chi connectivity index (χ0v) is 14.3. The summed E-state index contributed by atoms with van der Waals surface area (Å²) in [5, 5.41) is 10.5. The Morgan fingerprint density at radius 2 is 1.78 bits per heavy atom. The van der Waals surface area contributed by atoms with Crippen LogP contribution in [0.1, 0.15) is 43.8 Å². The molecule has 1 aromatic carbocycles. The van der Waals surface area contributed by atoms with Crippen molar-refractivity contribution < 1.29 is 9.90 Å². The molecule has 4 nitrogen and oxygen atoms in total. The minimum atomic E-state index is -0.424. The lowest BCUT2D eigenvalue weighted by molar-refractivity contribution is -0.137. The van der Waals surface area contributed by atoms with Crippen LogP contribution in [0.2, 0.25) is 0 Å². The van der Waals surface area contributed by atoms with Gasteiger partial charge in [0.2, 0.25) is 5.91 Å². The predicted molar refractivity (Wildman–Crippen MR) is 93.3 cm³/mol. The molecule has 0 spiro atoms. The standard InChI is InChI=1S/C18H26N2O2.ClH/c19-16-8-4-7-15(16)18(22)20-11-9-14(10-12-20)17(21)13-5-2-1-3-6-13;/h1-3,5-6,14-17,21H,4,7-12,19H2;1H. The third-order valence-corrected chi connectivity index (χ3v) is 5.33. The molecule has 0 radical (unpaired) electrons. The Bertz CT molecular complexity index is 503. The number of hydrogen-bond acceptors (Lipinski definition) is 3. The number of carbonyl (C=O) groups is 1. The molecule has 2 aliphatic rings. The molecule has 1 aromatic rings. The number of benzene rings is 1. The Morgan fingerprint density at radius 3 is 2.35 bits per heavy atom. The highest BCUT2D eigenvalue weighted by Gasteiger charge is 2.35. The molecule has 1 heterocycles. The summed E-state index contributed by atoms with van der Waals surface area (Å²) >= 11 is 0. The number of nitrogens with two attached hydrogens (primary N) is 1. The summed E-state index contributed by atoms with van der Waals surface area (Å²) in [5.41, 5.74) is 7.03. The Balaban J connectivity index is 0.00000192. The van der Waals surface area contributed by atoms with E-state index in [0.29, 0.717) is 0 Å². The molecule has 5 heteroatoms. The van der Waals surface area contributed by atoms with Gasteiger partial charge in [-0.2, -0.15) is 0 Å². The molecule has 3 N–H and O–H groups in total. The molecule has 1 amide bonds. The van der Waals surface area contributed by atoms with E-state index in [4.69, 9.17) is 5.73 Å². The Kier molecular flexibility index (Phi) is 6.45. The van der Waals surface area contributed by atoms with Gasteiger partial charge in [-0.15, -0.1) is 12.4 Å². The van der Waals surface area contributed by atoms with Crippen LogP contribution in [0, 0.1) is 11.8 Å². The van der Waals surface area contributed by atoms with E-state index >= 15 is 0 Å². The molecular formula is C18H27ClN2O2. The van der Waals surface area contributed by atoms with E-state index in [1.54, 1.807) is 0 Å². The van der Waals surface area contributed by atoms with Crippen molar-refractivity contribution in [2.45, 2.75) is 44.2 Å². The zero-order chi connectivity index (χ0) is 15.5. The number of aliphatic hydroxyl groups is 1. The van der Waals surface area contributed by atoms with Crippen LogP contribution < -0.4 is 5.73 Å². The Labute approximate surface area is 144 Å². The second kappa shape index (κ2) is 8.13. The number of rotatable bonds is 3. The summed E-state index contributed by atoms with van der Waals surface area (Å²) in [7, 11) is 0. The molecule has 1 aliphatic heterocycles. The number of amides is 1. The first kappa shape index (κ1) is 18.2. The second-order valence-electron chi connectivity index (χ2n) is 6.72. The van der Waals surface area contributed by atoms with Crippen molar-refractivity contribution >= 4 is 18.3 Å². The molecule has 1 saturated heterocycles. The van der Waals surface area contributed by atoms with Crippen LogP contribution in [-0.4, -0.2) is 35.0 Å². The molecular weight excluding hydrogens is 312 g/mol. The summed E-state index contributed by atoms with van der Waals surface area (Å²) in [6, 6.07) is 9.86. The number of likely N-dealkylation sites (tertiary alicyclic amines) is 1. The number of halogens is 1. The van der Waals surface area contributed by atoms with Crippen LogP contribution in [-0.2, 0) is 4.79 Å². The molecule has 3 atom stereocenters. The lowest BCUT2D eigenvalue weighted by Gasteiger charge is -2.36. The lowest BCUT2D eigenvalue weighted by atomic mass is 9.87. The molecule has 3 unspecified atom stereocenters. The third-order valence-electron chi connectivity index (χ3n) is 5.33. The van der Waals surface area contributed by atoms with Crippen molar-refractivity contribution in [1.82, 2.24) is 4.90 Å². The number of carbonyl (C=O) groups excluding carboxylic acids is 1. The summed E-state index contributed by atoms with van der Waals surface area (Å²) < 4.78 is 0. The Hall–Kier alpha value is -1.10. The van der Waals surface area contributed by atoms with Crippen molar-refractivity contribution in [1.29, 1.82) is 0 Å². The van der Waals surface area contributed by atoms with Crippen molar-refractivity contribution in [2.75, 3.05) is 13.1 Å². The van der Waals surface area contributed by atoms with Gasteiger partial charge in [-0.05, 0) is 37.2 Å². The van der Waals surface area contributed by atoms with Crippen molar-refractivity contribution in [2.24, 2.45) is 17.6 Å². The summed E-state index contributed by atoms with van der Waals surface area (Å²) in [6.07, 6.45) is 4.28. The maximum atomic E-state index is 12.5. The van der Waals surface area contributed by atoms with Gasteiger partial charge in [-0.25, -0.2) is 0 Å². The number of hydrogen-bond donors (Lipinski definition) is 2. The van der Waals surface area contributed by atoms with Gasteiger partial charge in [0.15, 0.2) is 0 Å². The highest BCUT2D eigenvalue weighted by atomic mass is 35.5. The van der Waals surface area contributed by atoms with Gasteiger partial charge in [0.05, 0.1) is 12.0 Å². The van der Waals surface area contributed by atoms with E-state index in [1.807, 2.05) is 35.2 Å². The fourth-order valence-corrected chi connectivity index (χ4v) is 3.89. The molecule has 1 saturated carbocycles. The van der Waals surface area contributed by atoms with Crippen LogP contribution in [0.15, 0.2) is 30.3 Å². The minimum Gasteiger partial charge on any atom is -0.388 e. The fraction of sp³-hybridized carbons (Fsp3) is 0.611. The van der Waals surface area contributed by atoms with E-state index in [9.17, 15) is 9.90 Å². The number of nitrogens with zero attached hydrogens (tertiary/aromatic N) is 1. The molecule has 0 bridgehead atoms. The summed E-state index contributed by atoms with van der Waals surface area (Å²) in [4.78, 5) is 14.5. The van der Waals surface area contributed by atoms with Crippen LogP contribution in [0.5, 0.6) is 0 Å². The average molecular weight is 339 g/mol. The quantitative estimate of drug-likeness (QED) is 0.890. The van der Waals surface area contributed by atoms with Crippen LogP contribution in [0.3, 0.4) is 0 Å². The summed E-state index contributed by atoms with van der Waals surface area (Å²) in [6.45, 7) is 1.49. The van der Waals surface area contributed by atoms with Crippen LogP contribution >= 0.6 is 12.4 Å². The van der Waals surface area contributed by atoms with Gasteiger partial charge in [-0.3, -0.25) is 4.79 Å². The monoisotopic (exact) mass is 338 g/mol. The maximum Gasteiger partial charge on any atom is 0.227 e. The number of aliphatic hydroxyl groups excluding tert-OH is 1. The third kappa shape index (κ3) is 4.06. The lowest BCUT2D eigenvalue weighted by Crippen LogP contribution is -2.45. The van der Waals surface area contributed by atoms with Crippen molar-refractivity contribution in [3.63, 3.8) is 0 Å². The van der Waals surface area contributed by atoms with Gasteiger partial charge in [-0.1, -0.05) is 36.8 Å². The van der Waals surface area contributed by atoms with E-state index in [2.05, 4.69) is 0 Å². The first-order valence-corrected chi connectivity index (χ1v) is 8.44. The predicted octanol–water partition coefficient (Wildman–Crippen LogP) is 2.51. The molecule has 1 aliphatic carbocycles. The molecule has 23 heavy (non-hydrogen) atoms. The summed E-state index contributed by atoms with van der Waals surface area (Å²) in [5.74, 6) is 0.497. The first-order chi connectivity index (χ1) is 10.7. The molecule has 128 valence electrons. The van der Waals surface area contributed by atoms with Crippen molar-refractivity contribution in [3.8, 4) is 0 Å². The van der Waals surface area contributed by atoms with Gasteiger partial charge in [0.25, 0.3) is 0 Å². The zero-order valence-electron chi connectivity index (χ0n) is 13.4. The highest BCUT2D eigenvalue weighted by molar-refractivity contribution is 5.85. The first-order valence-electron chi connectivity index (χ1n) is 8.44. The van der Waals surface area contributed by atoms with Crippen LogP contribution in [0.4, 0.5) is 0 Å². The van der Waals surface area contributed by atoms with E-state index in [0.717, 1.165) is 50.8 Å². The molecule has 2 fully saturated rings. The van der Waals surface area contributed by atoms with Crippen molar-refractivity contribution in [3.05, 3.63) is 35.9 Å². The van der Waals surface area contributed by atoms with E-state index < -0.39 is 6.10 Å². The minimum absolute atomic E-state index is 0. The second-order valence-corrected chi connectivity index (χ2v) is 6.72. The average Bonchev–Trinajstić information content (AvgIpc) is 3.00. The smallest absolute Gasteiger partial charge is 0.227 e. The topological polar surface area (TPSA) is 66.6 Å². The normalized spacial score (nSPS) is 26.6.